The number of esters is 1. The van der Waals surface area contributed by atoms with Gasteiger partial charge in [-0.25, -0.2) is 9.59 Å². The number of aromatic carboxylic acids is 1. The maximum absolute atomic E-state index is 11.6. The second-order valence-electron chi connectivity index (χ2n) is 7.42. The summed E-state index contributed by atoms with van der Waals surface area (Å²) in [4.78, 5) is 22.8. The monoisotopic (exact) mass is 393 g/mol. The van der Waals surface area contributed by atoms with Crippen molar-refractivity contribution in [3.05, 3.63) is 70.8 Å². The molecule has 0 amide bonds. The number of benzene rings is 2. The van der Waals surface area contributed by atoms with Crippen LogP contribution in [0, 0.1) is 12.8 Å². The van der Waals surface area contributed by atoms with Crippen LogP contribution < -0.4 is 10.1 Å². The molecule has 0 saturated carbocycles. The number of methoxy groups -OCH3 is 1. The first-order valence-corrected chi connectivity index (χ1v) is 9.59. The minimum absolute atomic E-state index is 0.0555. The molecule has 0 fully saturated rings. The Morgan fingerprint density at radius 2 is 1.93 bits per heavy atom. The van der Waals surface area contributed by atoms with Gasteiger partial charge in [0, 0.05) is 11.6 Å². The molecule has 0 aromatic heterocycles. The second kappa shape index (κ2) is 7.62. The number of anilines is 1. The number of rotatable bonds is 5. The van der Waals surface area contributed by atoms with Crippen molar-refractivity contribution in [1.82, 2.24) is 0 Å². The third kappa shape index (κ3) is 3.46. The minimum atomic E-state index is -0.917. The quantitative estimate of drug-likeness (QED) is 0.588. The Bertz CT molecular complexity index is 980. The predicted octanol–water partition coefficient (Wildman–Crippen LogP) is 4.07. The van der Waals surface area contributed by atoms with Gasteiger partial charge < -0.3 is 19.9 Å². The van der Waals surface area contributed by atoms with E-state index < -0.39 is 11.9 Å². The lowest BCUT2D eigenvalue weighted by molar-refractivity contribution is -0.142. The van der Waals surface area contributed by atoms with E-state index in [9.17, 15) is 14.7 Å². The Balaban J connectivity index is 1.63. The molecule has 29 heavy (non-hydrogen) atoms. The Hall–Kier alpha value is -3.28. The first kappa shape index (κ1) is 19.1. The van der Waals surface area contributed by atoms with E-state index in [1.807, 2.05) is 37.3 Å². The van der Waals surface area contributed by atoms with Crippen LogP contribution in [0.2, 0.25) is 0 Å². The standard InChI is InChI=1S/C23H23NO5/c1-13-16(23(26)27)10-11-19-17-4-3-5-18(17)22(24-21(13)19)14-6-8-15(9-7-14)29-12-20(25)28-2/h3-4,6-11,17-18,22,24H,5,12H2,1-2H3,(H,26,27)/t17-,18+,22+/m1/s1. The van der Waals surface area contributed by atoms with E-state index in [0.717, 1.165) is 28.8 Å². The molecule has 0 spiro atoms. The molecule has 0 unspecified atom stereocenters. The Kier molecular flexibility index (Phi) is 5.01. The van der Waals surface area contributed by atoms with Crippen LogP contribution in [0.5, 0.6) is 5.75 Å². The van der Waals surface area contributed by atoms with Gasteiger partial charge in [0.25, 0.3) is 0 Å². The minimum Gasteiger partial charge on any atom is -0.482 e. The normalized spacial score (nSPS) is 21.7. The average molecular weight is 393 g/mol. The SMILES string of the molecule is COC(=O)COc1ccc([C@@H]2Nc3c(ccc(C(=O)O)c3C)[C@@H]3C=CC[C@@H]32)cc1. The highest BCUT2D eigenvalue weighted by Crippen LogP contribution is 2.51. The number of carbonyl (C=O) groups is 2. The van der Waals surface area contributed by atoms with Crippen LogP contribution in [0.3, 0.4) is 0 Å². The summed E-state index contributed by atoms with van der Waals surface area (Å²) in [6.07, 6.45) is 5.39. The van der Waals surface area contributed by atoms with Crippen LogP contribution in [0.4, 0.5) is 5.69 Å². The molecule has 4 rings (SSSR count). The van der Waals surface area contributed by atoms with E-state index >= 15 is 0 Å². The fourth-order valence-electron chi connectivity index (χ4n) is 4.35. The lowest BCUT2D eigenvalue weighted by Gasteiger charge is -2.38. The Labute approximate surface area is 169 Å². The number of carboxylic acids is 1. The van der Waals surface area contributed by atoms with Gasteiger partial charge in [0.2, 0.25) is 0 Å². The van der Waals surface area contributed by atoms with Crippen molar-refractivity contribution in [3.63, 3.8) is 0 Å². The number of allylic oxidation sites excluding steroid dienone is 2. The zero-order valence-corrected chi connectivity index (χ0v) is 16.3. The van der Waals surface area contributed by atoms with Crippen LogP contribution in [0.25, 0.3) is 0 Å². The maximum atomic E-state index is 11.6. The Morgan fingerprint density at radius 1 is 1.17 bits per heavy atom. The summed E-state index contributed by atoms with van der Waals surface area (Å²) >= 11 is 0. The molecule has 2 N–H and O–H groups in total. The Morgan fingerprint density at radius 3 is 2.62 bits per heavy atom. The molecular formula is C23H23NO5. The third-order valence-corrected chi connectivity index (χ3v) is 5.85. The van der Waals surface area contributed by atoms with E-state index in [1.54, 1.807) is 6.07 Å². The van der Waals surface area contributed by atoms with Gasteiger partial charge in [-0.15, -0.1) is 0 Å². The van der Waals surface area contributed by atoms with Crippen molar-refractivity contribution in [3.8, 4) is 5.75 Å². The number of ether oxygens (including phenoxy) is 2. The fourth-order valence-corrected chi connectivity index (χ4v) is 4.35. The molecule has 1 aliphatic heterocycles. The molecule has 0 bridgehead atoms. The van der Waals surface area contributed by atoms with E-state index in [2.05, 4.69) is 22.2 Å². The molecule has 150 valence electrons. The van der Waals surface area contributed by atoms with Crippen molar-refractivity contribution >= 4 is 17.6 Å². The van der Waals surface area contributed by atoms with Crippen molar-refractivity contribution < 1.29 is 24.2 Å². The summed E-state index contributed by atoms with van der Waals surface area (Å²) in [6.45, 7) is 1.73. The number of hydrogen-bond acceptors (Lipinski definition) is 5. The van der Waals surface area contributed by atoms with Crippen molar-refractivity contribution in [1.29, 1.82) is 0 Å². The fraction of sp³-hybridized carbons (Fsp3) is 0.304. The lowest BCUT2D eigenvalue weighted by atomic mass is 9.76. The van der Waals surface area contributed by atoms with Crippen molar-refractivity contribution in [2.45, 2.75) is 25.3 Å². The van der Waals surface area contributed by atoms with Gasteiger partial charge in [-0.05, 0) is 54.2 Å². The largest absolute Gasteiger partial charge is 0.482 e. The summed E-state index contributed by atoms with van der Waals surface area (Å²) in [6, 6.07) is 11.4. The van der Waals surface area contributed by atoms with Gasteiger partial charge in [-0.1, -0.05) is 30.4 Å². The molecule has 1 aliphatic carbocycles. The molecule has 0 saturated heterocycles. The average Bonchev–Trinajstić information content (AvgIpc) is 3.22. The highest BCUT2D eigenvalue weighted by Gasteiger charge is 2.38. The summed E-state index contributed by atoms with van der Waals surface area (Å²) in [5, 5.41) is 13.1. The molecule has 0 radical (unpaired) electrons. The number of hydrogen-bond donors (Lipinski definition) is 2. The summed E-state index contributed by atoms with van der Waals surface area (Å²) in [5.74, 6) is -0.127. The molecule has 2 aromatic carbocycles. The van der Waals surface area contributed by atoms with E-state index in [-0.39, 0.29) is 18.6 Å². The third-order valence-electron chi connectivity index (χ3n) is 5.85. The second-order valence-corrected chi connectivity index (χ2v) is 7.42. The number of carboxylic acid groups (broad SMARTS) is 1. The van der Waals surface area contributed by atoms with Crippen LogP contribution >= 0.6 is 0 Å². The smallest absolute Gasteiger partial charge is 0.343 e. The first-order valence-electron chi connectivity index (χ1n) is 9.59. The topological polar surface area (TPSA) is 84.9 Å². The van der Waals surface area contributed by atoms with Gasteiger partial charge in [0.05, 0.1) is 18.7 Å². The van der Waals surface area contributed by atoms with E-state index in [0.29, 0.717) is 17.2 Å². The van der Waals surface area contributed by atoms with Crippen LogP contribution in [0.15, 0.2) is 48.6 Å². The molecular weight excluding hydrogens is 370 g/mol. The molecule has 2 aromatic rings. The molecule has 1 heterocycles. The summed E-state index contributed by atoms with van der Waals surface area (Å²) in [7, 11) is 1.32. The highest BCUT2D eigenvalue weighted by molar-refractivity contribution is 5.92. The summed E-state index contributed by atoms with van der Waals surface area (Å²) < 4.78 is 10.0. The predicted molar refractivity (Wildman–Crippen MR) is 108 cm³/mol. The summed E-state index contributed by atoms with van der Waals surface area (Å²) in [5.41, 5.74) is 4.24. The molecule has 6 nitrogen and oxygen atoms in total. The van der Waals surface area contributed by atoms with Crippen LogP contribution in [-0.4, -0.2) is 30.8 Å². The molecule has 2 aliphatic rings. The lowest BCUT2D eigenvalue weighted by Crippen LogP contribution is -2.30. The number of carbonyl (C=O) groups excluding carboxylic acids is 1. The highest BCUT2D eigenvalue weighted by atomic mass is 16.6. The van der Waals surface area contributed by atoms with Gasteiger partial charge in [0.1, 0.15) is 5.75 Å². The van der Waals surface area contributed by atoms with Crippen LogP contribution in [0.1, 0.15) is 45.4 Å². The van der Waals surface area contributed by atoms with Gasteiger partial charge in [-0.2, -0.15) is 0 Å². The van der Waals surface area contributed by atoms with Gasteiger partial charge in [0.15, 0.2) is 6.61 Å². The van der Waals surface area contributed by atoms with Crippen molar-refractivity contribution in [2.24, 2.45) is 5.92 Å². The molecule has 3 atom stereocenters. The zero-order chi connectivity index (χ0) is 20.5. The maximum Gasteiger partial charge on any atom is 0.343 e. The van der Waals surface area contributed by atoms with E-state index in [1.165, 1.54) is 7.11 Å². The van der Waals surface area contributed by atoms with E-state index in [4.69, 9.17) is 4.74 Å². The van der Waals surface area contributed by atoms with Crippen LogP contribution in [-0.2, 0) is 9.53 Å². The first-order chi connectivity index (χ1) is 14.0. The van der Waals surface area contributed by atoms with Gasteiger partial charge in [-0.3, -0.25) is 0 Å². The number of nitrogens with one attached hydrogen (secondary N) is 1. The molecule has 6 heteroatoms. The number of fused-ring (bicyclic) bond motifs is 3. The van der Waals surface area contributed by atoms with Crippen molar-refractivity contribution in [2.75, 3.05) is 19.0 Å². The zero-order valence-electron chi connectivity index (χ0n) is 16.3. The van der Waals surface area contributed by atoms with Gasteiger partial charge >= 0.3 is 11.9 Å².